The van der Waals surface area contributed by atoms with Crippen LogP contribution in [-0.4, -0.2) is 25.8 Å². The number of ether oxygens (including phenoxy) is 2. The average Bonchev–Trinajstić information content (AvgIpc) is 2.58. The van der Waals surface area contributed by atoms with Gasteiger partial charge in [-0.05, 0) is 12.3 Å². The first-order chi connectivity index (χ1) is 5.90. The molecule has 0 aromatic carbocycles. The Morgan fingerprint density at radius 2 is 2.67 bits per heavy atom. The van der Waals surface area contributed by atoms with Crippen LogP contribution in [0.5, 0.6) is 0 Å². The Morgan fingerprint density at radius 1 is 1.75 bits per heavy atom. The fourth-order valence-electron chi connectivity index (χ4n) is 1.42. The maximum absolute atomic E-state index is 5.39. The van der Waals surface area contributed by atoms with E-state index in [2.05, 4.69) is 6.29 Å². The van der Waals surface area contributed by atoms with Gasteiger partial charge in [-0.1, -0.05) is 0 Å². The second-order valence-electron chi connectivity index (χ2n) is 2.88. The molecule has 2 aliphatic rings. The SMILES string of the molecule is CC[O+]=[C-]C1=C[C@@H]2CCO[C@@H]2O1. The Balaban J connectivity index is 1.98. The zero-order valence-corrected chi connectivity index (χ0v) is 7.08. The molecule has 0 radical (unpaired) electrons. The van der Waals surface area contributed by atoms with Gasteiger partial charge in [0.15, 0.2) is 6.29 Å². The minimum Gasteiger partial charge on any atom is -0.496 e. The quantitative estimate of drug-likeness (QED) is 0.453. The lowest BCUT2D eigenvalue weighted by molar-refractivity contribution is -0.0754. The molecule has 2 heterocycles. The molecule has 1 saturated heterocycles. The van der Waals surface area contributed by atoms with Crippen LogP contribution in [0.1, 0.15) is 13.3 Å². The van der Waals surface area contributed by atoms with E-state index in [0.29, 0.717) is 18.3 Å². The molecule has 0 bridgehead atoms. The molecule has 0 spiro atoms. The van der Waals surface area contributed by atoms with Crippen molar-refractivity contribution in [3.63, 3.8) is 0 Å². The van der Waals surface area contributed by atoms with Crippen molar-refractivity contribution in [2.75, 3.05) is 13.2 Å². The third-order valence-corrected chi connectivity index (χ3v) is 2.01. The van der Waals surface area contributed by atoms with Gasteiger partial charge in [0.25, 0.3) is 6.29 Å². The van der Waals surface area contributed by atoms with Gasteiger partial charge in [-0.3, -0.25) is 0 Å². The summed E-state index contributed by atoms with van der Waals surface area (Å²) >= 11 is 0. The van der Waals surface area contributed by atoms with E-state index in [0.717, 1.165) is 13.0 Å². The second kappa shape index (κ2) is 3.27. The van der Waals surface area contributed by atoms with Crippen LogP contribution < -0.4 is 0 Å². The summed E-state index contributed by atoms with van der Waals surface area (Å²) in [6.45, 7) is 3.34. The predicted molar refractivity (Wildman–Crippen MR) is 43.2 cm³/mol. The van der Waals surface area contributed by atoms with Crippen LogP contribution in [0.15, 0.2) is 11.8 Å². The van der Waals surface area contributed by atoms with Crippen molar-refractivity contribution < 1.29 is 13.9 Å². The first-order valence-electron chi connectivity index (χ1n) is 4.28. The zero-order chi connectivity index (χ0) is 8.39. The van der Waals surface area contributed by atoms with Crippen LogP contribution in [0.2, 0.25) is 0 Å². The van der Waals surface area contributed by atoms with Gasteiger partial charge in [-0.15, -0.1) is 0 Å². The molecular weight excluding hydrogens is 156 g/mol. The molecule has 3 nitrogen and oxygen atoms in total. The lowest BCUT2D eigenvalue weighted by Gasteiger charge is -2.10. The highest BCUT2D eigenvalue weighted by Crippen LogP contribution is 2.31. The monoisotopic (exact) mass is 168 g/mol. The summed E-state index contributed by atoms with van der Waals surface area (Å²) in [4.78, 5) is 0. The highest BCUT2D eigenvalue weighted by Gasteiger charge is 2.30. The number of hydrogen-bond donors (Lipinski definition) is 0. The number of carbonyl (C=O) groups excluding carboxylic acids is 1. The normalized spacial score (nSPS) is 33.6. The minimum absolute atomic E-state index is 0.0760. The maximum Gasteiger partial charge on any atom is 0.261 e. The van der Waals surface area contributed by atoms with Gasteiger partial charge in [0.05, 0.1) is 12.4 Å². The standard InChI is InChI=1S/C9H12O3/c1-2-10-6-8-5-7-3-4-11-9(7)12-8/h5,7,9H,2-4H2,1H3/t7-,9+/m0/s1. The van der Waals surface area contributed by atoms with Gasteiger partial charge < -0.3 is 13.9 Å². The molecule has 0 amide bonds. The molecule has 2 rings (SSSR count). The van der Waals surface area contributed by atoms with Crippen LogP contribution >= 0.6 is 0 Å². The fourth-order valence-corrected chi connectivity index (χ4v) is 1.42. The van der Waals surface area contributed by atoms with E-state index in [9.17, 15) is 0 Å². The van der Waals surface area contributed by atoms with Crippen molar-refractivity contribution in [2.45, 2.75) is 19.6 Å². The molecule has 1 fully saturated rings. The Bertz CT molecular complexity index is 220. The number of fused-ring (bicyclic) bond motifs is 1. The highest BCUT2D eigenvalue weighted by molar-refractivity contribution is 5.72. The first-order valence-corrected chi connectivity index (χ1v) is 4.28. The largest absolute Gasteiger partial charge is 0.496 e. The summed E-state index contributed by atoms with van der Waals surface area (Å²) in [6, 6.07) is 0. The van der Waals surface area contributed by atoms with Gasteiger partial charge in [0, 0.05) is 6.92 Å². The van der Waals surface area contributed by atoms with Gasteiger partial charge in [0.1, 0.15) is 0 Å². The van der Waals surface area contributed by atoms with Crippen molar-refractivity contribution in [2.24, 2.45) is 5.92 Å². The summed E-state index contributed by atoms with van der Waals surface area (Å²) in [5.41, 5.74) is 0. The molecule has 3 heteroatoms. The van der Waals surface area contributed by atoms with E-state index >= 15 is 0 Å². The van der Waals surface area contributed by atoms with Crippen LogP contribution in [0.25, 0.3) is 0 Å². The first kappa shape index (κ1) is 7.80. The fraction of sp³-hybridized carbons (Fsp3) is 0.667. The zero-order valence-electron chi connectivity index (χ0n) is 7.08. The number of hydrogen-bond acceptors (Lipinski definition) is 2. The predicted octanol–water partition coefficient (Wildman–Crippen LogP) is 0.928. The van der Waals surface area contributed by atoms with Crippen molar-refractivity contribution in [1.29, 1.82) is 0 Å². The summed E-state index contributed by atoms with van der Waals surface area (Å²) in [6.07, 6.45) is 5.71. The van der Waals surface area contributed by atoms with E-state index in [1.54, 1.807) is 0 Å². The molecule has 66 valence electrons. The van der Waals surface area contributed by atoms with E-state index < -0.39 is 0 Å². The average molecular weight is 168 g/mol. The van der Waals surface area contributed by atoms with Gasteiger partial charge in [-0.2, -0.15) is 6.08 Å². The summed E-state index contributed by atoms with van der Waals surface area (Å²) < 4.78 is 15.7. The topological polar surface area (TPSA) is 29.8 Å². The molecule has 2 aliphatic heterocycles. The Kier molecular flexibility index (Phi) is 2.13. The van der Waals surface area contributed by atoms with Crippen molar-refractivity contribution in [3.05, 3.63) is 11.8 Å². The lowest BCUT2D eigenvalue weighted by Crippen LogP contribution is -2.11. The van der Waals surface area contributed by atoms with Crippen molar-refractivity contribution in [1.82, 2.24) is 0 Å². The van der Waals surface area contributed by atoms with Crippen molar-refractivity contribution in [3.8, 4) is 0 Å². The summed E-state index contributed by atoms with van der Waals surface area (Å²) in [5.74, 6) is 1.10. The van der Waals surface area contributed by atoms with E-state index in [-0.39, 0.29) is 6.29 Å². The maximum atomic E-state index is 5.39. The summed E-state index contributed by atoms with van der Waals surface area (Å²) in [5, 5.41) is 0. The third kappa shape index (κ3) is 1.37. The van der Waals surface area contributed by atoms with E-state index in [4.69, 9.17) is 13.9 Å². The van der Waals surface area contributed by atoms with Crippen LogP contribution in [0.4, 0.5) is 0 Å². The van der Waals surface area contributed by atoms with Crippen LogP contribution in [0.3, 0.4) is 0 Å². The molecule has 0 N–H and O–H groups in total. The highest BCUT2D eigenvalue weighted by atomic mass is 16.7. The van der Waals surface area contributed by atoms with Crippen LogP contribution in [0, 0.1) is 5.92 Å². The Labute approximate surface area is 71.7 Å². The van der Waals surface area contributed by atoms with Crippen LogP contribution in [-0.2, 0) is 13.9 Å². The Hall–Kier alpha value is -0.830. The minimum atomic E-state index is -0.0760. The van der Waals surface area contributed by atoms with Gasteiger partial charge >= 0.3 is 0 Å². The number of rotatable bonds is 2. The molecule has 0 unspecified atom stereocenters. The third-order valence-electron chi connectivity index (χ3n) is 2.01. The molecule has 2 atom stereocenters. The molecule has 0 aromatic rings. The molecule has 0 saturated carbocycles. The smallest absolute Gasteiger partial charge is 0.261 e. The Morgan fingerprint density at radius 3 is 3.42 bits per heavy atom. The van der Waals surface area contributed by atoms with Gasteiger partial charge in [-0.25, -0.2) is 0 Å². The number of allylic oxidation sites excluding steroid dienone is 1. The summed E-state index contributed by atoms with van der Waals surface area (Å²) in [7, 11) is 0. The van der Waals surface area contributed by atoms with E-state index in [1.165, 1.54) is 0 Å². The lowest BCUT2D eigenvalue weighted by atomic mass is 10.1. The van der Waals surface area contributed by atoms with Gasteiger partial charge in [0.2, 0.25) is 6.61 Å². The second-order valence-corrected chi connectivity index (χ2v) is 2.88. The molecule has 0 aliphatic carbocycles. The van der Waals surface area contributed by atoms with E-state index in [1.807, 2.05) is 13.0 Å². The molecule has 0 aromatic heterocycles. The van der Waals surface area contributed by atoms with Crippen molar-refractivity contribution >= 4 is 6.29 Å². The molecular formula is C9H12O3. The molecule has 12 heavy (non-hydrogen) atoms.